The third kappa shape index (κ3) is 4.01. The summed E-state index contributed by atoms with van der Waals surface area (Å²) in [7, 11) is 1.47. The average Bonchev–Trinajstić information content (AvgIpc) is 2.35. The molecule has 0 heterocycles. The van der Waals surface area contributed by atoms with E-state index >= 15 is 0 Å². The van der Waals surface area contributed by atoms with Gasteiger partial charge in [0.1, 0.15) is 6.61 Å². The van der Waals surface area contributed by atoms with Crippen molar-refractivity contribution in [3.63, 3.8) is 0 Å². The fourth-order valence-electron chi connectivity index (χ4n) is 1.12. The van der Waals surface area contributed by atoms with Gasteiger partial charge in [0.15, 0.2) is 17.5 Å². The number of hydrogen-bond acceptors (Lipinski definition) is 3. The number of rotatable bonds is 6. The predicted octanol–water partition coefficient (Wildman–Crippen LogP) is 1.71. The fourth-order valence-corrected chi connectivity index (χ4v) is 1.12. The Hall–Kier alpha value is -1.60. The molecule has 1 aromatic rings. The van der Waals surface area contributed by atoms with Gasteiger partial charge in [-0.25, -0.2) is 13.2 Å². The lowest BCUT2D eigenvalue weighted by Gasteiger charge is -2.07. The van der Waals surface area contributed by atoms with Gasteiger partial charge in [-0.1, -0.05) is 0 Å². The molecule has 0 aliphatic carbocycles. The molecule has 0 bridgehead atoms. The number of nitrogens with one attached hydrogen (secondary N) is 1. The summed E-state index contributed by atoms with van der Waals surface area (Å²) in [6.45, 7) is 0.179. The van der Waals surface area contributed by atoms with E-state index in [9.17, 15) is 18.0 Å². The molecule has 0 unspecified atom stereocenters. The van der Waals surface area contributed by atoms with Crippen molar-refractivity contribution >= 4 is 11.6 Å². The van der Waals surface area contributed by atoms with Crippen molar-refractivity contribution in [2.24, 2.45) is 0 Å². The highest BCUT2D eigenvalue weighted by molar-refractivity contribution is 5.91. The number of halogens is 3. The maximum absolute atomic E-state index is 13.2. The van der Waals surface area contributed by atoms with Crippen LogP contribution < -0.4 is 5.32 Å². The molecule has 0 aliphatic rings. The van der Waals surface area contributed by atoms with Crippen LogP contribution in [0.2, 0.25) is 0 Å². The molecule has 0 fully saturated rings. The van der Waals surface area contributed by atoms with E-state index in [1.54, 1.807) is 0 Å². The van der Waals surface area contributed by atoms with Crippen molar-refractivity contribution in [3.05, 3.63) is 29.6 Å². The van der Waals surface area contributed by atoms with Crippen LogP contribution in [-0.2, 0) is 14.3 Å². The molecule has 1 N–H and O–H groups in total. The van der Waals surface area contributed by atoms with Crippen molar-refractivity contribution in [2.75, 3.05) is 32.2 Å². The second kappa shape index (κ2) is 6.97. The maximum atomic E-state index is 13.2. The minimum atomic E-state index is -1.63. The number of benzene rings is 1. The molecule has 18 heavy (non-hydrogen) atoms. The number of ether oxygens (including phenoxy) is 2. The Morgan fingerprint density at radius 2 is 1.94 bits per heavy atom. The average molecular weight is 263 g/mol. The minimum Gasteiger partial charge on any atom is -0.382 e. The molecule has 1 rings (SSSR count). The van der Waals surface area contributed by atoms with E-state index in [1.807, 2.05) is 0 Å². The lowest BCUT2D eigenvalue weighted by Crippen LogP contribution is -2.20. The van der Waals surface area contributed by atoms with Crippen LogP contribution in [-0.4, -0.2) is 32.8 Å². The number of amides is 1. The van der Waals surface area contributed by atoms with Gasteiger partial charge in [-0.05, 0) is 12.1 Å². The molecule has 0 saturated heterocycles. The molecule has 4 nitrogen and oxygen atoms in total. The molecule has 0 aromatic heterocycles. The first-order valence-electron chi connectivity index (χ1n) is 5.06. The quantitative estimate of drug-likeness (QED) is 0.627. The van der Waals surface area contributed by atoms with E-state index in [4.69, 9.17) is 4.74 Å². The first kappa shape index (κ1) is 14.5. The van der Waals surface area contributed by atoms with E-state index in [0.717, 1.165) is 12.1 Å². The molecule has 100 valence electrons. The van der Waals surface area contributed by atoms with E-state index in [-0.39, 0.29) is 13.2 Å². The minimum absolute atomic E-state index is 0.199. The van der Waals surface area contributed by atoms with Gasteiger partial charge < -0.3 is 14.8 Å². The summed E-state index contributed by atoms with van der Waals surface area (Å²) in [5.41, 5.74) is -0.436. The lowest BCUT2D eigenvalue weighted by atomic mass is 10.3. The number of carbonyl (C=O) groups excluding carboxylic acids is 1. The Morgan fingerprint density at radius 1 is 1.22 bits per heavy atom. The number of methoxy groups -OCH3 is 1. The van der Waals surface area contributed by atoms with Gasteiger partial charge in [-0.3, -0.25) is 4.79 Å². The topological polar surface area (TPSA) is 47.6 Å². The van der Waals surface area contributed by atoms with Crippen molar-refractivity contribution in [2.45, 2.75) is 0 Å². The molecule has 1 amide bonds. The zero-order chi connectivity index (χ0) is 13.5. The summed E-state index contributed by atoms with van der Waals surface area (Å²) in [5, 5.41) is 2.07. The fraction of sp³-hybridized carbons (Fsp3) is 0.364. The number of carbonyl (C=O) groups is 1. The molecule has 0 aliphatic heterocycles. The second-order valence-corrected chi connectivity index (χ2v) is 3.32. The molecule has 7 heteroatoms. The SMILES string of the molecule is COCCOCC(=O)Nc1ccc(F)c(F)c1F. The first-order chi connectivity index (χ1) is 8.56. The zero-order valence-corrected chi connectivity index (χ0v) is 9.63. The highest BCUT2D eigenvalue weighted by Gasteiger charge is 2.14. The van der Waals surface area contributed by atoms with Gasteiger partial charge in [-0.2, -0.15) is 0 Å². The van der Waals surface area contributed by atoms with Gasteiger partial charge in [0.05, 0.1) is 18.9 Å². The Labute approximate surface area is 102 Å². The van der Waals surface area contributed by atoms with E-state index in [2.05, 4.69) is 10.1 Å². The maximum Gasteiger partial charge on any atom is 0.250 e. The van der Waals surface area contributed by atoms with Gasteiger partial charge in [-0.15, -0.1) is 0 Å². The molecule has 0 saturated carbocycles. The van der Waals surface area contributed by atoms with E-state index < -0.39 is 29.0 Å². The summed E-state index contributed by atoms with van der Waals surface area (Å²) in [6.07, 6.45) is 0. The zero-order valence-electron chi connectivity index (χ0n) is 9.63. The smallest absolute Gasteiger partial charge is 0.250 e. The second-order valence-electron chi connectivity index (χ2n) is 3.32. The van der Waals surface area contributed by atoms with Crippen LogP contribution in [0.15, 0.2) is 12.1 Å². The summed E-state index contributed by atoms with van der Waals surface area (Å²) >= 11 is 0. The highest BCUT2D eigenvalue weighted by atomic mass is 19.2. The molecule has 0 radical (unpaired) electrons. The number of anilines is 1. The largest absolute Gasteiger partial charge is 0.382 e. The first-order valence-corrected chi connectivity index (χ1v) is 5.06. The van der Waals surface area contributed by atoms with Crippen LogP contribution in [0.5, 0.6) is 0 Å². The van der Waals surface area contributed by atoms with Crippen molar-refractivity contribution in [3.8, 4) is 0 Å². The van der Waals surface area contributed by atoms with Crippen molar-refractivity contribution in [1.82, 2.24) is 0 Å². The van der Waals surface area contributed by atoms with Crippen LogP contribution >= 0.6 is 0 Å². The van der Waals surface area contributed by atoms with Gasteiger partial charge >= 0.3 is 0 Å². The third-order valence-corrected chi connectivity index (χ3v) is 1.97. The number of hydrogen-bond donors (Lipinski definition) is 1. The van der Waals surface area contributed by atoms with Crippen molar-refractivity contribution < 1.29 is 27.4 Å². The summed E-state index contributed by atoms with van der Waals surface area (Å²) in [6, 6.07) is 1.65. The van der Waals surface area contributed by atoms with Crippen LogP contribution in [0.3, 0.4) is 0 Å². The van der Waals surface area contributed by atoms with Crippen molar-refractivity contribution in [1.29, 1.82) is 0 Å². The van der Waals surface area contributed by atoms with Crippen LogP contribution in [0.25, 0.3) is 0 Å². The van der Waals surface area contributed by atoms with E-state index in [0.29, 0.717) is 6.61 Å². The molecular weight excluding hydrogens is 251 g/mol. The molecule has 1 aromatic carbocycles. The van der Waals surface area contributed by atoms with E-state index in [1.165, 1.54) is 7.11 Å². The van der Waals surface area contributed by atoms with Crippen LogP contribution in [0.1, 0.15) is 0 Å². The lowest BCUT2D eigenvalue weighted by molar-refractivity contribution is -0.121. The standard InChI is InChI=1S/C11H12F3NO3/c1-17-4-5-18-6-9(16)15-8-3-2-7(12)10(13)11(8)14/h2-3H,4-6H2,1H3,(H,15,16). The van der Waals surface area contributed by atoms with Gasteiger partial charge in [0.2, 0.25) is 5.91 Å². The highest BCUT2D eigenvalue weighted by Crippen LogP contribution is 2.19. The predicted molar refractivity (Wildman–Crippen MR) is 57.6 cm³/mol. The van der Waals surface area contributed by atoms with Crippen LogP contribution in [0, 0.1) is 17.5 Å². The molecule has 0 spiro atoms. The van der Waals surface area contributed by atoms with Gasteiger partial charge in [0, 0.05) is 7.11 Å². The molecule has 0 atom stereocenters. The van der Waals surface area contributed by atoms with Gasteiger partial charge in [0.25, 0.3) is 0 Å². The Balaban J connectivity index is 2.52. The third-order valence-electron chi connectivity index (χ3n) is 1.97. The summed E-state index contributed by atoms with van der Waals surface area (Å²) in [4.78, 5) is 11.3. The Kier molecular flexibility index (Phi) is 5.60. The Morgan fingerprint density at radius 3 is 2.61 bits per heavy atom. The monoisotopic (exact) mass is 263 g/mol. The summed E-state index contributed by atoms with van der Waals surface area (Å²) in [5.74, 6) is -5.06. The summed E-state index contributed by atoms with van der Waals surface area (Å²) < 4.78 is 48.2. The normalized spacial score (nSPS) is 10.4. The Bertz CT molecular complexity index is 426. The molecular formula is C11H12F3NO3. The van der Waals surface area contributed by atoms with Crippen LogP contribution in [0.4, 0.5) is 18.9 Å².